The van der Waals surface area contributed by atoms with Crippen LogP contribution in [0.3, 0.4) is 0 Å². The van der Waals surface area contributed by atoms with E-state index in [-0.39, 0.29) is 12.0 Å². The molecule has 0 aliphatic heterocycles. The van der Waals surface area contributed by atoms with Gasteiger partial charge in [-0.25, -0.2) is 4.79 Å². The third-order valence-corrected chi connectivity index (χ3v) is 2.94. The highest BCUT2D eigenvalue weighted by Gasteiger charge is 2.31. The first-order valence-electron chi connectivity index (χ1n) is 6.69. The molecule has 112 valence electrons. The fourth-order valence-corrected chi connectivity index (χ4v) is 2.04. The monoisotopic (exact) mass is 281 g/mol. The van der Waals surface area contributed by atoms with Gasteiger partial charge >= 0.3 is 6.09 Å². The molecule has 5 heteroatoms. The summed E-state index contributed by atoms with van der Waals surface area (Å²) in [6, 6.07) is 3.23. The molecule has 1 aromatic heterocycles. The Kier molecular flexibility index (Phi) is 5.36. The van der Waals surface area contributed by atoms with Gasteiger partial charge in [-0.2, -0.15) is 0 Å². The second-order valence-corrected chi connectivity index (χ2v) is 5.93. The van der Waals surface area contributed by atoms with Gasteiger partial charge in [0.25, 0.3) is 0 Å². The molecule has 0 spiro atoms. The Morgan fingerprint density at radius 1 is 1.50 bits per heavy atom. The van der Waals surface area contributed by atoms with Gasteiger partial charge in [0.05, 0.1) is 12.3 Å². The molecule has 0 fully saturated rings. The molecule has 0 aliphatic carbocycles. The highest BCUT2D eigenvalue weighted by Crippen LogP contribution is 2.30. The summed E-state index contributed by atoms with van der Waals surface area (Å²) in [5, 5.41) is 0. The minimum atomic E-state index is -0.563. The third-order valence-electron chi connectivity index (χ3n) is 2.94. The van der Waals surface area contributed by atoms with Crippen molar-refractivity contribution in [3.8, 4) is 0 Å². The lowest BCUT2D eigenvalue weighted by Crippen LogP contribution is -2.38. The van der Waals surface area contributed by atoms with Crippen LogP contribution in [0.1, 0.15) is 45.9 Å². The lowest BCUT2D eigenvalue weighted by Gasteiger charge is -2.32. The molecular formula is C15H23NO4. The molecule has 5 nitrogen and oxygen atoms in total. The molecule has 2 atom stereocenters. The van der Waals surface area contributed by atoms with Gasteiger partial charge in [0.2, 0.25) is 0 Å². The predicted molar refractivity (Wildman–Crippen MR) is 75.3 cm³/mol. The van der Waals surface area contributed by atoms with Crippen LogP contribution in [0.25, 0.3) is 0 Å². The van der Waals surface area contributed by atoms with Crippen molar-refractivity contribution in [3.63, 3.8) is 0 Å². The summed E-state index contributed by atoms with van der Waals surface area (Å²) in [6.07, 6.45) is 2.32. The molecule has 0 aromatic carbocycles. The highest BCUT2D eigenvalue weighted by atomic mass is 16.6. The van der Waals surface area contributed by atoms with Crippen LogP contribution < -0.4 is 0 Å². The third kappa shape index (κ3) is 4.40. The molecule has 2 unspecified atom stereocenters. The molecule has 0 bridgehead atoms. The van der Waals surface area contributed by atoms with Gasteiger partial charge in [-0.3, -0.25) is 0 Å². The zero-order chi connectivity index (χ0) is 15.3. The summed E-state index contributed by atoms with van der Waals surface area (Å²) in [6.45, 7) is 7.35. The van der Waals surface area contributed by atoms with Crippen LogP contribution in [0.5, 0.6) is 0 Å². The van der Waals surface area contributed by atoms with Crippen LogP contribution in [0.2, 0.25) is 0 Å². The van der Waals surface area contributed by atoms with E-state index in [0.29, 0.717) is 12.2 Å². The SMILES string of the molecule is CC(CC=O)C(c1ccco1)N(C)C(=O)OC(C)(C)C. The number of carbonyl (C=O) groups excluding carboxylic acids is 2. The molecule has 0 saturated carbocycles. The first kappa shape index (κ1) is 16.3. The number of amides is 1. The largest absolute Gasteiger partial charge is 0.467 e. The summed E-state index contributed by atoms with van der Waals surface area (Å²) in [5.74, 6) is 0.587. The molecule has 1 rings (SSSR count). The minimum Gasteiger partial charge on any atom is -0.467 e. The van der Waals surface area contributed by atoms with Gasteiger partial charge in [0.15, 0.2) is 0 Å². The average molecular weight is 281 g/mol. The van der Waals surface area contributed by atoms with E-state index in [4.69, 9.17) is 9.15 Å². The molecular weight excluding hydrogens is 258 g/mol. The van der Waals surface area contributed by atoms with E-state index in [1.165, 1.54) is 4.90 Å². The van der Waals surface area contributed by atoms with E-state index in [2.05, 4.69) is 0 Å². The van der Waals surface area contributed by atoms with Gasteiger partial charge in [0, 0.05) is 13.5 Å². The van der Waals surface area contributed by atoms with Crippen LogP contribution in [-0.4, -0.2) is 29.9 Å². The number of furan rings is 1. The molecule has 0 aliphatic rings. The molecule has 1 heterocycles. The Morgan fingerprint density at radius 2 is 2.15 bits per heavy atom. The fraction of sp³-hybridized carbons (Fsp3) is 0.600. The number of ether oxygens (including phenoxy) is 1. The summed E-state index contributed by atoms with van der Waals surface area (Å²) < 4.78 is 10.8. The molecule has 0 radical (unpaired) electrons. The van der Waals surface area contributed by atoms with E-state index >= 15 is 0 Å². The minimum absolute atomic E-state index is 0.0591. The Morgan fingerprint density at radius 3 is 2.60 bits per heavy atom. The van der Waals surface area contributed by atoms with Crippen LogP contribution >= 0.6 is 0 Å². The maximum atomic E-state index is 12.2. The zero-order valence-corrected chi connectivity index (χ0v) is 12.8. The Bertz CT molecular complexity index is 433. The van der Waals surface area contributed by atoms with E-state index in [1.54, 1.807) is 25.4 Å². The van der Waals surface area contributed by atoms with Crippen molar-refractivity contribution in [2.45, 2.75) is 45.8 Å². The van der Waals surface area contributed by atoms with Crippen molar-refractivity contribution in [3.05, 3.63) is 24.2 Å². The molecule has 0 saturated heterocycles. The van der Waals surface area contributed by atoms with Crippen molar-refractivity contribution in [1.29, 1.82) is 0 Å². The Labute approximate surface area is 119 Å². The first-order valence-corrected chi connectivity index (χ1v) is 6.69. The Balaban J connectivity index is 2.93. The van der Waals surface area contributed by atoms with E-state index in [1.807, 2.05) is 27.7 Å². The quantitative estimate of drug-likeness (QED) is 0.776. The highest BCUT2D eigenvalue weighted by molar-refractivity contribution is 5.68. The van der Waals surface area contributed by atoms with E-state index < -0.39 is 11.7 Å². The number of carbonyl (C=O) groups is 2. The molecule has 1 aromatic rings. The number of rotatable bonds is 5. The van der Waals surface area contributed by atoms with Crippen LogP contribution in [0.4, 0.5) is 4.79 Å². The summed E-state index contributed by atoms with van der Waals surface area (Å²) in [4.78, 5) is 24.4. The molecule has 1 amide bonds. The molecule has 20 heavy (non-hydrogen) atoms. The number of aldehydes is 1. The van der Waals surface area contributed by atoms with Gasteiger partial charge in [-0.15, -0.1) is 0 Å². The van der Waals surface area contributed by atoms with Crippen molar-refractivity contribution in [1.82, 2.24) is 4.90 Å². The number of hydrogen-bond donors (Lipinski definition) is 0. The van der Waals surface area contributed by atoms with E-state index in [9.17, 15) is 9.59 Å². The predicted octanol–water partition coefficient (Wildman–Crippen LogP) is 3.41. The van der Waals surface area contributed by atoms with Gasteiger partial charge in [0.1, 0.15) is 17.6 Å². The summed E-state index contributed by atoms with van der Waals surface area (Å²) >= 11 is 0. The average Bonchev–Trinajstić information content (AvgIpc) is 2.80. The Hall–Kier alpha value is -1.78. The van der Waals surface area contributed by atoms with Crippen molar-refractivity contribution in [2.24, 2.45) is 5.92 Å². The standard InChI is InChI=1S/C15H23NO4/c1-11(8-9-17)13(12-7-6-10-19-12)16(5)14(18)20-15(2,3)4/h6-7,9-11,13H,8H2,1-5H3. The van der Waals surface area contributed by atoms with Crippen molar-refractivity contribution < 1.29 is 18.7 Å². The van der Waals surface area contributed by atoms with Gasteiger partial charge < -0.3 is 18.8 Å². The van der Waals surface area contributed by atoms with E-state index in [0.717, 1.165) is 6.29 Å². The molecule has 0 N–H and O–H groups in total. The van der Waals surface area contributed by atoms with Crippen molar-refractivity contribution in [2.75, 3.05) is 7.05 Å². The second-order valence-electron chi connectivity index (χ2n) is 5.93. The van der Waals surface area contributed by atoms with Gasteiger partial charge in [-0.05, 0) is 38.8 Å². The normalized spacial score (nSPS) is 14.4. The van der Waals surface area contributed by atoms with Crippen molar-refractivity contribution >= 4 is 12.4 Å². The summed E-state index contributed by atoms with van der Waals surface area (Å²) in [5.41, 5.74) is -0.563. The maximum absolute atomic E-state index is 12.2. The topological polar surface area (TPSA) is 59.8 Å². The van der Waals surface area contributed by atoms with Crippen LogP contribution in [0.15, 0.2) is 22.8 Å². The van der Waals surface area contributed by atoms with Gasteiger partial charge in [-0.1, -0.05) is 6.92 Å². The number of nitrogens with zero attached hydrogens (tertiary/aromatic N) is 1. The number of hydrogen-bond acceptors (Lipinski definition) is 4. The zero-order valence-electron chi connectivity index (χ0n) is 12.8. The first-order chi connectivity index (χ1) is 9.26. The maximum Gasteiger partial charge on any atom is 0.410 e. The fourth-order valence-electron chi connectivity index (χ4n) is 2.04. The second kappa shape index (κ2) is 6.59. The van der Waals surface area contributed by atoms with Crippen LogP contribution in [0, 0.1) is 5.92 Å². The lowest BCUT2D eigenvalue weighted by molar-refractivity contribution is -0.109. The lowest BCUT2D eigenvalue weighted by atomic mass is 9.96. The van der Waals surface area contributed by atoms with Crippen LogP contribution in [-0.2, 0) is 9.53 Å². The smallest absolute Gasteiger partial charge is 0.410 e. The summed E-state index contributed by atoms with van der Waals surface area (Å²) in [7, 11) is 1.66.